The lowest BCUT2D eigenvalue weighted by Gasteiger charge is -2.13. The van der Waals surface area contributed by atoms with Crippen LogP contribution in [-0.2, 0) is 4.79 Å². The highest BCUT2D eigenvalue weighted by Crippen LogP contribution is 2.28. The fraction of sp³-hybridized carbons (Fsp3) is 0.318. The van der Waals surface area contributed by atoms with Gasteiger partial charge in [-0.2, -0.15) is 0 Å². The quantitative estimate of drug-likeness (QED) is 0.470. The Morgan fingerprint density at radius 1 is 1.00 bits per heavy atom. The molecule has 0 bridgehead atoms. The standard InChI is InChI=1S/C22H26O4S/c1-15(2)18(12-25-19-7-5-16(3)6-8-19)14-27-20-9-10-21(17(4)11-20)26-13-22(23)24/h5-11H,12-14H2,1-4H3,(H,23,24). The molecular weight excluding hydrogens is 360 g/mol. The van der Waals surface area contributed by atoms with Crippen LogP contribution < -0.4 is 9.47 Å². The Bertz CT molecular complexity index is 806. The molecule has 0 aliphatic rings. The monoisotopic (exact) mass is 386 g/mol. The molecule has 0 unspecified atom stereocenters. The van der Waals surface area contributed by atoms with E-state index in [-0.39, 0.29) is 6.61 Å². The molecule has 0 saturated heterocycles. The van der Waals surface area contributed by atoms with Crippen molar-refractivity contribution in [3.8, 4) is 11.5 Å². The van der Waals surface area contributed by atoms with Gasteiger partial charge < -0.3 is 14.6 Å². The zero-order valence-electron chi connectivity index (χ0n) is 16.2. The van der Waals surface area contributed by atoms with E-state index in [9.17, 15) is 4.79 Å². The van der Waals surface area contributed by atoms with Gasteiger partial charge in [0.05, 0.1) is 0 Å². The van der Waals surface area contributed by atoms with Gasteiger partial charge in [0, 0.05) is 10.6 Å². The molecule has 0 saturated carbocycles. The van der Waals surface area contributed by atoms with Gasteiger partial charge >= 0.3 is 5.97 Å². The normalized spacial score (nSPS) is 10.4. The van der Waals surface area contributed by atoms with E-state index in [4.69, 9.17) is 14.6 Å². The fourth-order valence-corrected chi connectivity index (χ4v) is 3.46. The number of ether oxygens (including phenoxy) is 2. The van der Waals surface area contributed by atoms with Gasteiger partial charge in [0.25, 0.3) is 0 Å². The molecule has 0 heterocycles. The van der Waals surface area contributed by atoms with Crippen LogP contribution in [0.4, 0.5) is 0 Å². The van der Waals surface area contributed by atoms with E-state index in [0.29, 0.717) is 12.4 Å². The van der Waals surface area contributed by atoms with Gasteiger partial charge in [0.15, 0.2) is 6.61 Å². The van der Waals surface area contributed by atoms with E-state index in [1.54, 1.807) is 11.8 Å². The van der Waals surface area contributed by atoms with E-state index in [1.165, 1.54) is 16.7 Å². The molecule has 0 amide bonds. The number of carbonyl (C=O) groups is 1. The summed E-state index contributed by atoms with van der Waals surface area (Å²) in [5.74, 6) is 1.34. The molecule has 2 rings (SSSR count). The van der Waals surface area contributed by atoms with Gasteiger partial charge in [0.2, 0.25) is 0 Å². The summed E-state index contributed by atoms with van der Waals surface area (Å²) in [6.45, 7) is 8.42. The Hall–Kier alpha value is -2.40. The number of hydrogen-bond donors (Lipinski definition) is 1. The third-order valence-corrected chi connectivity index (χ3v) is 5.13. The van der Waals surface area contributed by atoms with Crippen LogP contribution in [-0.4, -0.2) is 30.0 Å². The number of allylic oxidation sites excluding steroid dienone is 1. The van der Waals surface area contributed by atoms with Crippen molar-refractivity contribution >= 4 is 17.7 Å². The van der Waals surface area contributed by atoms with E-state index in [1.807, 2.05) is 49.4 Å². The van der Waals surface area contributed by atoms with Gasteiger partial charge in [0.1, 0.15) is 18.1 Å². The van der Waals surface area contributed by atoms with Crippen molar-refractivity contribution in [1.82, 2.24) is 0 Å². The van der Waals surface area contributed by atoms with Crippen LogP contribution in [0.15, 0.2) is 58.5 Å². The number of rotatable bonds is 9. The van der Waals surface area contributed by atoms with Crippen LogP contribution >= 0.6 is 11.8 Å². The number of carboxylic acid groups (broad SMARTS) is 1. The first-order chi connectivity index (χ1) is 12.8. The van der Waals surface area contributed by atoms with Crippen LogP contribution in [0.25, 0.3) is 0 Å². The minimum atomic E-state index is -0.977. The number of aryl methyl sites for hydroxylation is 2. The minimum Gasteiger partial charge on any atom is -0.489 e. The highest BCUT2D eigenvalue weighted by atomic mass is 32.2. The molecule has 5 heteroatoms. The van der Waals surface area contributed by atoms with Crippen LogP contribution in [0.3, 0.4) is 0 Å². The number of hydrogen-bond acceptors (Lipinski definition) is 4. The van der Waals surface area contributed by atoms with Crippen molar-refractivity contribution in [3.05, 3.63) is 64.7 Å². The Kier molecular flexibility index (Phi) is 7.80. The maximum Gasteiger partial charge on any atom is 0.341 e. The second-order valence-electron chi connectivity index (χ2n) is 6.60. The fourth-order valence-electron chi connectivity index (χ4n) is 2.32. The zero-order valence-corrected chi connectivity index (χ0v) is 17.1. The van der Waals surface area contributed by atoms with E-state index in [2.05, 4.69) is 20.8 Å². The molecule has 2 aromatic carbocycles. The third kappa shape index (κ3) is 7.02. The van der Waals surface area contributed by atoms with E-state index in [0.717, 1.165) is 22.0 Å². The highest BCUT2D eigenvalue weighted by molar-refractivity contribution is 7.99. The first-order valence-corrected chi connectivity index (χ1v) is 9.76. The van der Waals surface area contributed by atoms with Gasteiger partial charge in [-0.3, -0.25) is 0 Å². The van der Waals surface area contributed by atoms with Crippen molar-refractivity contribution in [3.63, 3.8) is 0 Å². The zero-order chi connectivity index (χ0) is 19.8. The lowest BCUT2D eigenvalue weighted by molar-refractivity contribution is -0.139. The van der Waals surface area contributed by atoms with Crippen molar-refractivity contribution in [2.75, 3.05) is 19.0 Å². The first-order valence-electron chi connectivity index (χ1n) is 8.78. The van der Waals surface area contributed by atoms with Crippen LogP contribution in [0.5, 0.6) is 11.5 Å². The SMILES string of the molecule is CC(C)=C(COc1ccc(C)cc1)CSc1ccc(OCC(=O)O)c(C)c1. The number of benzene rings is 2. The minimum absolute atomic E-state index is 0.328. The summed E-state index contributed by atoms with van der Waals surface area (Å²) in [6, 6.07) is 13.9. The summed E-state index contributed by atoms with van der Waals surface area (Å²) in [6.07, 6.45) is 0. The largest absolute Gasteiger partial charge is 0.489 e. The predicted molar refractivity (Wildman–Crippen MR) is 110 cm³/mol. The number of carboxylic acids is 1. The van der Waals surface area contributed by atoms with Gasteiger partial charge in [-0.1, -0.05) is 23.3 Å². The lowest BCUT2D eigenvalue weighted by Crippen LogP contribution is -2.10. The summed E-state index contributed by atoms with van der Waals surface area (Å²) in [4.78, 5) is 11.7. The molecule has 0 aliphatic heterocycles. The Balaban J connectivity index is 1.93. The van der Waals surface area contributed by atoms with Crippen molar-refractivity contribution in [2.24, 2.45) is 0 Å². The molecule has 1 N–H and O–H groups in total. The molecule has 0 aromatic heterocycles. The Labute approximate surface area is 165 Å². The average Bonchev–Trinajstić information content (AvgIpc) is 2.62. The predicted octanol–water partition coefficient (Wildman–Crippen LogP) is 5.27. The molecule has 0 aliphatic carbocycles. The smallest absolute Gasteiger partial charge is 0.341 e. The molecule has 0 fully saturated rings. The third-order valence-electron chi connectivity index (χ3n) is 4.05. The number of aliphatic carboxylic acids is 1. The molecule has 0 spiro atoms. The maximum absolute atomic E-state index is 10.6. The second kappa shape index (κ2) is 10.1. The molecule has 4 nitrogen and oxygen atoms in total. The Morgan fingerprint density at radius 3 is 2.30 bits per heavy atom. The first kappa shape index (κ1) is 20.9. The van der Waals surface area contributed by atoms with Gasteiger partial charge in [-0.15, -0.1) is 11.8 Å². The van der Waals surface area contributed by atoms with Crippen molar-refractivity contribution in [1.29, 1.82) is 0 Å². The van der Waals surface area contributed by atoms with Gasteiger partial charge in [-0.05, 0) is 69.2 Å². The van der Waals surface area contributed by atoms with Crippen LogP contribution in [0, 0.1) is 13.8 Å². The molecule has 0 atom stereocenters. The summed E-state index contributed by atoms with van der Waals surface area (Å²) < 4.78 is 11.2. The Morgan fingerprint density at radius 2 is 1.70 bits per heavy atom. The molecule has 2 aromatic rings. The topological polar surface area (TPSA) is 55.8 Å². The van der Waals surface area contributed by atoms with E-state index >= 15 is 0 Å². The van der Waals surface area contributed by atoms with E-state index < -0.39 is 5.97 Å². The molecule has 0 radical (unpaired) electrons. The number of thioether (sulfide) groups is 1. The maximum atomic E-state index is 10.6. The average molecular weight is 387 g/mol. The summed E-state index contributed by atoms with van der Waals surface area (Å²) in [5, 5.41) is 8.72. The summed E-state index contributed by atoms with van der Waals surface area (Å²) in [7, 11) is 0. The molecular formula is C22H26O4S. The van der Waals surface area contributed by atoms with Crippen LogP contribution in [0.1, 0.15) is 25.0 Å². The molecule has 144 valence electrons. The summed E-state index contributed by atoms with van der Waals surface area (Å²) >= 11 is 1.73. The highest BCUT2D eigenvalue weighted by Gasteiger charge is 2.07. The van der Waals surface area contributed by atoms with Gasteiger partial charge in [-0.25, -0.2) is 4.79 Å². The molecule has 27 heavy (non-hydrogen) atoms. The second-order valence-corrected chi connectivity index (χ2v) is 7.65. The van der Waals surface area contributed by atoms with Crippen molar-refractivity contribution in [2.45, 2.75) is 32.6 Å². The van der Waals surface area contributed by atoms with Crippen LogP contribution in [0.2, 0.25) is 0 Å². The summed E-state index contributed by atoms with van der Waals surface area (Å²) in [5.41, 5.74) is 4.65. The van der Waals surface area contributed by atoms with Crippen molar-refractivity contribution < 1.29 is 19.4 Å². The lowest BCUT2D eigenvalue weighted by atomic mass is 10.2.